The molecule has 66 heavy (non-hydrogen) atoms. The molecule has 3 aromatic heterocycles. The second-order valence-corrected chi connectivity index (χ2v) is 16.0. The molecule has 3 heterocycles. The zero-order valence-electron chi connectivity index (χ0n) is 35.9. The van der Waals surface area contributed by atoms with Gasteiger partial charge in [-0.1, -0.05) is 206 Å². The quantitative estimate of drug-likeness (QED) is 0.137. The van der Waals surface area contributed by atoms with Gasteiger partial charge in [0.2, 0.25) is 0 Å². The molecule has 0 amide bonds. The van der Waals surface area contributed by atoms with Crippen LogP contribution < -0.4 is 0 Å². The van der Waals surface area contributed by atoms with E-state index >= 15 is 0 Å². The topological polar surface area (TPSA) is 64.5 Å². The maximum absolute atomic E-state index is 5.36. The first-order chi connectivity index (χ1) is 32.7. The highest BCUT2D eigenvalue weighted by atomic mass is 15.0. The summed E-state index contributed by atoms with van der Waals surface area (Å²) in [6, 6.07) is 83.8. The van der Waals surface area contributed by atoms with E-state index in [0.29, 0.717) is 17.5 Å². The monoisotopic (exact) mass is 843 g/mol. The molecule has 310 valence electrons. The van der Waals surface area contributed by atoms with Crippen LogP contribution in [-0.2, 0) is 0 Å². The van der Waals surface area contributed by atoms with Gasteiger partial charge < -0.3 is 0 Å². The van der Waals surface area contributed by atoms with E-state index in [2.05, 4.69) is 199 Å². The van der Waals surface area contributed by atoms with Gasteiger partial charge in [-0.25, -0.2) is 19.9 Å². The highest BCUT2D eigenvalue weighted by Gasteiger charge is 2.19. The molecular weight excluding hydrogens is 803 g/mol. The van der Waals surface area contributed by atoms with Gasteiger partial charge in [-0.15, -0.1) is 0 Å². The molecule has 0 saturated heterocycles. The van der Waals surface area contributed by atoms with Crippen molar-refractivity contribution in [2.24, 2.45) is 0 Å². The Morgan fingerprint density at radius 3 is 1.21 bits per heavy atom. The highest BCUT2D eigenvalue weighted by Crippen LogP contribution is 2.39. The fourth-order valence-electron chi connectivity index (χ4n) is 8.61. The first kappa shape index (κ1) is 39.9. The molecular formula is C61H41N5. The number of benzene rings is 8. The summed E-state index contributed by atoms with van der Waals surface area (Å²) < 4.78 is 0. The van der Waals surface area contributed by atoms with E-state index in [0.717, 1.165) is 95.0 Å². The van der Waals surface area contributed by atoms with Crippen molar-refractivity contribution in [1.29, 1.82) is 0 Å². The van der Waals surface area contributed by atoms with Crippen molar-refractivity contribution in [1.82, 2.24) is 24.9 Å². The van der Waals surface area contributed by atoms with Crippen molar-refractivity contribution < 1.29 is 0 Å². The molecule has 0 bridgehead atoms. The van der Waals surface area contributed by atoms with Crippen molar-refractivity contribution in [2.75, 3.05) is 0 Å². The number of nitrogens with zero attached hydrogens (tertiary/aromatic N) is 5. The molecule has 0 aliphatic heterocycles. The van der Waals surface area contributed by atoms with Crippen molar-refractivity contribution in [3.63, 3.8) is 0 Å². The molecule has 0 atom stereocenters. The van der Waals surface area contributed by atoms with Crippen LogP contribution in [0.4, 0.5) is 0 Å². The Morgan fingerprint density at radius 2 is 0.621 bits per heavy atom. The summed E-state index contributed by atoms with van der Waals surface area (Å²) in [4.78, 5) is 25.8. The fourth-order valence-corrected chi connectivity index (χ4v) is 8.61. The zero-order chi connectivity index (χ0) is 44.1. The summed E-state index contributed by atoms with van der Waals surface area (Å²) in [7, 11) is 0. The van der Waals surface area contributed by atoms with Crippen molar-refractivity contribution >= 4 is 0 Å². The minimum absolute atomic E-state index is 0.583. The Labute approximate surface area is 384 Å². The number of pyridine rings is 2. The van der Waals surface area contributed by atoms with Gasteiger partial charge >= 0.3 is 0 Å². The Morgan fingerprint density at radius 1 is 0.197 bits per heavy atom. The van der Waals surface area contributed by atoms with Crippen LogP contribution in [0.5, 0.6) is 0 Å². The Hall–Kier alpha value is -8.93. The second-order valence-electron chi connectivity index (χ2n) is 16.0. The van der Waals surface area contributed by atoms with E-state index in [1.807, 2.05) is 54.7 Å². The van der Waals surface area contributed by atoms with Crippen LogP contribution in [0.1, 0.15) is 0 Å². The average molecular weight is 844 g/mol. The standard InChI is InChI=1S/C61H41N5/c1-4-20-42(21-5-1)50-30-11-14-34-54(50)60-64-59(65-61(66-60)55-35-15-12-31-51(55)43-22-6-2-7-23-43)48-29-19-27-46(39-48)52-32-10-13-33-53(52)58-41-49(40-57(63-58)44-24-8-3-9-25-44)45-26-18-28-47(38-45)56-36-16-17-37-62-56/h1-41H. The van der Waals surface area contributed by atoms with Gasteiger partial charge in [-0.05, 0) is 80.9 Å². The summed E-state index contributed by atoms with van der Waals surface area (Å²) >= 11 is 0. The van der Waals surface area contributed by atoms with Crippen LogP contribution in [-0.4, -0.2) is 24.9 Å². The second kappa shape index (κ2) is 18.0. The molecule has 0 spiro atoms. The summed E-state index contributed by atoms with van der Waals surface area (Å²) in [6.07, 6.45) is 1.83. The van der Waals surface area contributed by atoms with Crippen LogP contribution in [0.3, 0.4) is 0 Å². The van der Waals surface area contributed by atoms with Gasteiger partial charge in [0.05, 0.1) is 17.1 Å². The molecule has 11 rings (SSSR count). The molecule has 11 aromatic rings. The van der Waals surface area contributed by atoms with E-state index in [-0.39, 0.29) is 0 Å². The molecule has 0 fully saturated rings. The zero-order valence-corrected chi connectivity index (χ0v) is 35.9. The summed E-state index contributed by atoms with van der Waals surface area (Å²) in [5.41, 5.74) is 17.0. The van der Waals surface area contributed by atoms with Gasteiger partial charge in [-0.2, -0.15) is 0 Å². The van der Waals surface area contributed by atoms with Gasteiger partial charge in [-0.3, -0.25) is 4.98 Å². The van der Waals surface area contributed by atoms with Crippen LogP contribution in [0, 0.1) is 0 Å². The summed E-state index contributed by atoms with van der Waals surface area (Å²) in [5, 5.41) is 0. The lowest BCUT2D eigenvalue weighted by atomic mass is 9.93. The summed E-state index contributed by atoms with van der Waals surface area (Å²) in [5.74, 6) is 1.79. The van der Waals surface area contributed by atoms with E-state index in [1.165, 1.54) is 0 Å². The SMILES string of the molecule is c1ccc(-c2cc(-c3cccc(-c4ccccn4)c3)cc(-c3ccccc3-c3cccc(-c4nc(-c5ccccc5-c5ccccc5)nc(-c5ccccc5-c5ccccc5)n4)c3)n2)cc1. The lowest BCUT2D eigenvalue weighted by Crippen LogP contribution is -2.02. The lowest BCUT2D eigenvalue weighted by Gasteiger charge is -2.15. The predicted octanol–water partition coefficient (Wildman–Crippen LogP) is 15.3. The van der Waals surface area contributed by atoms with Crippen LogP contribution in [0.2, 0.25) is 0 Å². The van der Waals surface area contributed by atoms with Crippen LogP contribution in [0.25, 0.3) is 112 Å². The van der Waals surface area contributed by atoms with Crippen LogP contribution >= 0.6 is 0 Å². The highest BCUT2D eigenvalue weighted by molar-refractivity contribution is 5.88. The maximum atomic E-state index is 5.36. The Bertz CT molecular complexity index is 3360. The normalized spacial score (nSPS) is 11.0. The molecule has 5 nitrogen and oxygen atoms in total. The predicted molar refractivity (Wildman–Crippen MR) is 270 cm³/mol. The van der Waals surface area contributed by atoms with E-state index in [1.54, 1.807) is 0 Å². The molecule has 8 aromatic carbocycles. The minimum Gasteiger partial charge on any atom is -0.256 e. The number of aromatic nitrogens is 5. The third-order valence-electron chi connectivity index (χ3n) is 11.8. The number of hydrogen-bond donors (Lipinski definition) is 0. The van der Waals surface area contributed by atoms with Crippen molar-refractivity contribution in [3.8, 4) is 112 Å². The third kappa shape index (κ3) is 8.21. The van der Waals surface area contributed by atoms with Gasteiger partial charge in [0, 0.05) is 39.6 Å². The molecule has 0 radical (unpaired) electrons. The van der Waals surface area contributed by atoms with E-state index < -0.39 is 0 Å². The van der Waals surface area contributed by atoms with Crippen molar-refractivity contribution in [3.05, 3.63) is 249 Å². The summed E-state index contributed by atoms with van der Waals surface area (Å²) in [6.45, 7) is 0. The molecule has 5 heteroatoms. The van der Waals surface area contributed by atoms with Gasteiger partial charge in [0.25, 0.3) is 0 Å². The van der Waals surface area contributed by atoms with Gasteiger partial charge in [0.1, 0.15) is 0 Å². The first-order valence-electron chi connectivity index (χ1n) is 22.1. The van der Waals surface area contributed by atoms with E-state index in [9.17, 15) is 0 Å². The van der Waals surface area contributed by atoms with Crippen LogP contribution in [0.15, 0.2) is 249 Å². The molecule has 0 aliphatic rings. The Kier molecular flexibility index (Phi) is 10.9. The lowest BCUT2D eigenvalue weighted by molar-refractivity contribution is 1.07. The maximum Gasteiger partial charge on any atom is 0.164 e. The molecule has 0 N–H and O–H groups in total. The first-order valence-corrected chi connectivity index (χ1v) is 22.1. The third-order valence-corrected chi connectivity index (χ3v) is 11.8. The van der Waals surface area contributed by atoms with Gasteiger partial charge in [0.15, 0.2) is 17.5 Å². The minimum atomic E-state index is 0.583. The average Bonchev–Trinajstić information content (AvgIpc) is 3.41. The number of hydrogen-bond acceptors (Lipinski definition) is 5. The van der Waals surface area contributed by atoms with E-state index in [4.69, 9.17) is 19.9 Å². The molecule has 0 unspecified atom stereocenters. The van der Waals surface area contributed by atoms with Crippen molar-refractivity contribution in [2.45, 2.75) is 0 Å². The largest absolute Gasteiger partial charge is 0.256 e. The smallest absolute Gasteiger partial charge is 0.164 e. The number of rotatable bonds is 10. The Balaban J connectivity index is 1.06. The fraction of sp³-hybridized carbons (Fsp3) is 0. The molecule has 0 aliphatic carbocycles. The molecule has 0 saturated carbocycles.